The fourth-order valence-corrected chi connectivity index (χ4v) is 6.54. The number of aliphatic hydroxyl groups is 1. The van der Waals surface area contributed by atoms with Gasteiger partial charge in [-0.15, -0.1) is 0 Å². The van der Waals surface area contributed by atoms with Gasteiger partial charge in [0.15, 0.2) is 0 Å². The van der Waals surface area contributed by atoms with Crippen LogP contribution in [0.2, 0.25) is 0 Å². The summed E-state index contributed by atoms with van der Waals surface area (Å²) in [5, 5.41) is 12.0. The van der Waals surface area contributed by atoms with E-state index in [0.29, 0.717) is 18.4 Å². The van der Waals surface area contributed by atoms with Gasteiger partial charge in [0.1, 0.15) is 18.3 Å². The van der Waals surface area contributed by atoms with E-state index in [-0.39, 0.29) is 5.92 Å². The number of hydrogen-bond donors (Lipinski definition) is 1. The first kappa shape index (κ1) is 20.8. The number of carbonyl (C=O) groups excluding carboxylic acids is 3. The Hall–Kier alpha value is -1.89. The van der Waals surface area contributed by atoms with Crippen molar-refractivity contribution < 1.29 is 33.7 Å². The molecule has 7 atom stereocenters. The largest absolute Gasteiger partial charge is 0.462 e. The van der Waals surface area contributed by atoms with E-state index in [1.165, 1.54) is 20.8 Å². The second-order valence-corrected chi connectivity index (χ2v) is 9.38. The highest BCUT2D eigenvalue weighted by atomic mass is 16.6. The Kier molecular flexibility index (Phi) is 4.69. The quantitative estimate of drug-likeness (QED) is 0.445. The molecule has 0 aromatic carbocycles. The molecule has 0 heterocycles. The minimum absolute atomic E-state index is 0.341. The molecule has 0 amide bonds. The first-order valence-electron chi connectivity index (χ1n) is 9.69. The lowest BCUT2D eigenvalue weighted by Gasteiger charge is -2.42. The van der Waals surface area contributed by atoms with Crippen LogP contribution in [0.3, 0.4) is 0 Å². The van der Waals surface area contributed by atoms with Crippen molar-refractivity contribution in [1.82, 2.24) is 0 Å². The zero-order valence-corrected chi connectivity index (χ0v) is 17.4. The molecule has 0 saturated heterocycles. The summed E-state index contributed by atoms with van der Waals surface area (Å²) in [6, 6.07) is 0. The Bertz CT molecular complexity index is 741. The molecule has 0 aliphatic heterocycles. The highest BCUT2D eigenvalue weighted by molar-refractivity contribution is 5.68. The van der Waals surface area contributed by atoms with Gasteiger partial charge in [-0.25, -0.2) is 0 Å². The third kappa shape index (κ3) is 2.70. The van der Waals surface area contributed by atoms with Gasteiger partial charge in [0.2, 0.25) is 0 Å². The summed E-state index contributed by atoms with van der Waals surface area (Å²) in [5.74, 6) is -2.12. The number of esters is 3. The maximum Gasteiger partial charge on any atom is 0.303 e. The molecule has 0 radical (unpaired) electrons. The second kappa shape index (κ2) is 6.31. The van der Waals surface area contributed by atoms with Crippen molar-refractivity contribution in [3.05, 3.63) is 12.2 Å². The first-order chi connectivity index (χ1) is 12.8. The summed E-state index contributed by atoms with van der Waals surface area (Å²) < 4.78 is 16.7. The van der Waals surface area contributed by atoms with Crippen molar-refractivity contribution in [3.63, 3.8) is 0 Å². The Labute approximate surface area is 165 Å². The minimum atomic E-state index is -1.40. The highest BCUT2D eigenvalue weighted by Gasteiger charge is 2.78. The fraction of sp³-hybridized carbons (Fsp3) is 0.762. The van der Waals surface area contributed by atoms with E-state index in [4.69, 9.17) is 14.2 Å². The van der Waals surface area contributed by atoms with Gasteiger partial charge in [0.25, 0.3) is 0 Å². The van der Waals surface area contributed by atoms with Crippen LogP contribution in [-0.2, 0) is 28.6 Å². The summed E-state index contributed by atoms with van der Waals surface area (Å²) >= 11 is 0. The average Bonchev–Trinajstić information content (AvgIpc) is 2.94. The molecule has 0 aromatic rings. The van der Waals surface area contributed by atoms with E-state index < -0.39 is 58.6 Å². The number of hydrogen-bond acceptors (Lipinski definition) is 7. The molecule has 28 heavy (non-hydrogen) atoms. The lowest BCUT2D eigenvalue weighted by atomic mass is 9.65. The molecule has 0 bridgehead atoms. The zero-order chi connectivity index (χ0) is 21.2. The van der Waals surface area contributed by atoms with Crippen molar-refractivity contribution >= 4 is 17.9 Å². The van der Waals surface area contributed by atoms with E-state index >= 15 is 0 Å². The van der Waals surface area contributed by atoms with Gasteiger partial charge >= 0.3 is 17.9 Å². The average molecular weight is 394 g/mol. The van der Waals surface area contributed by atoms with Gasteiger partial charge in [-0.1, -0.05) is 27.4 Å². The molecular weight excluding hydrogens is 364 g/mol. The lowest BCUT2D eigenvalue weighted by Crippen LogP contribution is -2.48. The number of rotatable bonds is 3. The third-order valence-corrected chi connectivity index (χ3v) is 7.16. The second-order valence-electron chi connectivity index (χ2n) is 9.38. The Balaban J connectivity index is 2.10. The first-order valence-corrected chi connectivity index (χ1v) is 9.69. The van der Waals surface area contributed by atoms with Crippen LogP contribution >= 0.6 is 0 Å². The molecule has 3 rings (SSSR count). The van der Waals surface area contributed by atoms with Crippen LogP contribution in [0, 0.1) is 22.7 Å². The van der Waals surface area contributed by atoms with Gasteiger partial charge in [0.05, 0.1) is 5.60 Å². The monoisotopic (exact) mass is 394 g/mol. The van der Waals surface area contributed by atoms with Crippen LogP contribution in [0.25, 0.3) is 0 Å². The molecule has 7 nitrogen and oxygen atoms in total. The summed E-state index contributed by atoms with van der Waals surface area (Å²) in [6.07, 6.45) is -0.876. The Morgan fingerprint density at radius 1 is 1.00 bits per heavy atom. The van der Waals surface area contributed by atoms with E-state index in [9.17, 15) is 19.5 Å². The standard InChI is InChI=1S/C21H30O7/c1-10-15(26-11(2)22)8-14-17(28-13(4)24)20(7)9-16(27-12(3)23)19(5,6)18(20)21(10,14)25/h14-18,25H,1,8-9H2,2-7H3. The normalized spacial score (nSPS) is 43.2. The predicted molar refractivity (Wildman–Crippen MR) is 98.9 cm³/mol. The topological polar surface area (TPSA) is 99.1 Å². The van der Waals surface area contributed by atoms with Gasteiger partial charge in [0, 0.05) is 43.4 Å². The van der Waals surface area contributed by atoms with Crippen LogP contribution in [0.4, 0.5) is 0 Å². The molecule has 7 unspecified atom stereocenters. The minimum Gasteiger partial charge on any atom is -0.462 e. The van der Waals surface area contributed by atoms with Gasteiger partial charge < -0.3 is 19.3 Å². The molecule has 3 aliphatic rings. The van der Waals surface area contributed by atoms with Gasteiger partial charge in [-0.05, 0) is 18.4 Å². The summed E-state index contributed by atoms with van der Waals surface area (Å²) in [4.78, 5) is 35.1. The SMILES string of the molecule is C=C1C(OC(C)=O)CC2C(OC(C)=O)C3(C)CC(OC(C)=O)C(C)(C)C3C12O. The maximum atomic E-state index is 12.0. The van der Waals surface area contributed by atoms with E-state index in [1.54, 1.807) is 0 Å². The molecule has 0 spiro atoms. The Morgan fingerprint density at radius 3 is 2.04 bits per heavy atom. The van der Waals surface area contributed by atoms with Crippen LogP contribution in [-0.4, -0.2) is 46.9 Å². The fourth-order valence-electron chi connectivity index (χ4n) is 6.54. The van der Waals surface area contributed by atoms with E-state index in [2.05, 4.69) is 6.58 Å². The van der Waals surface area contributed by atoms with Crippen molar-refractivity contribution in [2.24, 2.45) is 22.7 Å². The van der Waals surface area contributed by atoms with E-state index in [1.807, 2.05) is 20.8 Å². The van der Waals surface area contributed by atoms with Crippen LogP contribution < -0.4 is 0 Å². The van der Waals surface area contributed by atoms with Gasteiger partial charge in [-0.3, -0.25) is 14.4 Å². The molecule has 156 valence electrons. The zero-order valence-electron chi connectivity index (χ0n) is 17.4. The summed E-state index contributed by atoms with van der Waals surface area (Å²) in [7, 11) is 0. The molecule has 3 aliphatic carbocycles. The van der Waals surface area contributed by atoms with Crippen molar-refractivity contribution in [3.8, 4) is 0 Å². The highest BCUT2D eigenvalue weighted by Crippen LogP contribution is 2.72. The van der Waals surface area contributed by atoms with Crippen molar-refractivity contribution in [2.75, 3.05) is 0 Å². The molecule has 7 heteroatoms. The Morgan fingerprint density at radius 2 is 1.54 bits per heavy atom. The number of carbonyl (C=O) groups is 3. The van der Waals surface area contributed by atoms with Crippen LogP contribution in [0.5, 0.6) is 0 Å². The summed E-state index contributed by atoms with van der Waals surface area (Å²) in [6.45, 7) is 14.0. The van der Waals surface area contributed by atoms with Crippen molar-refractivity contribution in [1.29, 1.82) is 0 Å². The molecule has 0 aromatic heterocycles. The third-order valence-electron chi connectivity index (χ3n) is 7.16. The smallest absolute Gasteiger partial charge is 0.303 e. The van der Waals surface area contributed by atoms with E-state index in [0.717, 1.165) is 0 Å². The number of ether oxygens (including phenoxy) is 3. The molecule has 3 fully saturated rings. The molecular formula is C21H30O7. The maximum absolute atomic E-state index is 12.0. The number of fused-ring (bicyclic) bond motifs is 3. The van der Waals surface area contributed by atoms with Crippen LogP contribution in [0.15, 0.2) is 12.2 Å². The predicted octanol–water partition coefficient (Wildman–Crippen LogP) is 2.15. The summed E-state index contributed by atoms with van der Waals surface area (Å²) in [5.41, 5.74) is -2.18. The van der Waals surface area contributed by atoms with Crippen molar-refractivity contribution in [2.45, 2.75) is 78.3 Å². The molecule has 1 N–H and O–H groups in total. The molecule has 3 saturated carbocycles. The lowest BCUT2D eigenvalue weighted by molar-refractivity contribution is -0.160. The van der Waals surface area contributed by atoms with Crippen LogP contribution in [0.1, 0.15) is 54.4 Å². The van der Waals surface area contributed by atoms with Gasteiger partial charge in [-0.2, -0.15) is 0 Å².